The molecule has 7 heteroatoms. The summed E-state index contributed by atoms with van der Waals surface area (Å²) < 4.78 is 0. The molecule has 0 radical (unpaired) electrons. The van der Waals surface area contributed by atoms with Crippen LogP contribution in [0.25, 0.3) is 45.0 Å². The smallest absolute Gasteiger partial charge is 0.190 e. The molecule has 186 valence electrons. The Morgan fingerprint density at radius 3 is 1.34 bits per heavy atom. The van der Waals surface area contributed by atoms with Crippen molar-refractivity contribution in [2.24, 2.45) is 0 Å². The molecule has 3 aromatic heterocycles. The largest absolute Gasteiger partial charge is 0.287 e. The van der Waals surface area contributed by atoms with Gasteiger partial charge in [0.25, 0.3) is 0 Å². The Labute approximate surface area is 229 Å². The van der Waals surface area contributed by atoms with Crippen molar-refractivity contribution in [3.63, 3.8) is 0 Å². The molecule has 0 aliphatic carbocycles. The molecule has 0 unspecified atom stereocenters. The van der Waals surface area contributed by atoms with Crippen LogP contribution < -0.4 is 0 Å². The van der Waals surface area contributed by atoms with Crippen molar-refractivity contribution in [1.82, 2.24) is 15.0 Å². The van der Waals surface area contributed by atoms with E-state index in [4.69, 9.17) is 4.98 Å². The summed E-state index contributed by atoms with van der Waals surface area (Å²) in [6, 6.07) is 29.7. The summed E-state index contributed by atoms with van der Waals surface area (Å²) in [6.07, 6.45) is 3.56. The van der Waals surface area contributed by atoms with Gasteiger partial charge >= 0.3 is 0 Å². The van der Waals surface area contributed by atoms with Crippen LogP contribution in [0.4, 0.5) is 0 Å². The maximum absolute atomic E-state index is 11.4. The molecule has 0 amide bonds. The monoisotopic (exact) mass is 533 g/mol. The first kappa shape index (κ1) is 25.6. The first-order valence-electron chi connectivity index (χ1n) is 11.9. The summed E-state index contributed by atoms with van der Waals surface area (Å²) in [5, 5.41) is 0.133. The molecule has 0 saturated carbocycles. The van der Waals surface area contributed by atoms with Gasteiger partial charge in [0.05, 0.1) is 22.8 Å². The van der Waals surface area contributed by atoms with Crippen LogP contribution in [-0.2, 0) is 9.59 Å². The normalized spacial score (nSPS) is 10.8. The molecule has 0 saturated heterocycles. The Balaban J connectivity index is 1.41. The molecular formula is C31H23N3O2S2. The summed E-state index contributed by atoms with van der Waals surface area (Å²) >= 11 is 2.45. The topological polar surface area (TPSA) is 72.8 Å². The molecule has 2 aromatic carbocycles. The van der Waals surface area contributed by atoms with Crippen LogP contribution in [-0.4, -0.2) is 25.2 Å². The zero-order valence-corrected chi connectivity index (χ0v) is 22.4. The highest BCUT2D eigenvalue weighted by Crippen LogP contribution is 2.29. The van der Waals surface area contributed by atoms with Crippen molar-refractivity contribution in [3.8, 4) is 45.0 Å². The van der Waals surface area contributed by atoms with Gasteiger partial charge in [-0.25, -0.2) is 4.98 Å². The zero-order valence-electron chi connectivity index (χ0n) is 20.8. The van der Waals surface area contributed by atoms with E-state index in [0.29, 0.717) is 0 Å². The quantitative estimate of drug-likeness (QED) is 0.206. The number of rotatable bonds is 6. The molecule has 0 atom stereocenters. The van der Waals surface area contributed by atoms with E-state index in [0.717, 1.165) is 54.8 Å². The van der Waals surface area contributed by atoms with Crippen LogP contribution >= 0.6 is 23.5 Å². The third kappa shape index (κ3) is 6.25. The Bertz CT molecular complexity index is 1500. The number of nitrogens with zero attached hydrogens (tertiary/aromatic N) is 3. The molecule has 5 aromatic rings. The zero-order chi connectivity index (χ0) is 26.5. The molecule has 0 spiro atoms. The third-order valence-electron chi connectivity index (χ3n) is 5.69. The van der Waals surface area contributed by atoms with E-state index in [1.807, 2.05) is 91.0 Å². The lowest BCUT2D eigenvalue weighted by atomic mass is 10.0. The number of carbonyl (C=O) groups excluding carboxylic acids is 2. The molecule has 0 aliphatic rings. The number of pyridine rings is 3. The van der Waals surface area contributed by atoms with Crippen LogP contribution in [0.15, 0.2) is 113 Å². The van der Waals surface area contributed by atoms with Gasteiger partial charge in [-0.2, -0.15) is 0 Å². The number of carbonyl (C=O) groups is 2. The number of hydrogen-bond acceptors (Lipinski definition) is 7. The summed E-state index contributed by atoms with van der Waals surface area (Å²) in [6.45, 7) is 3.13. The molecule has 38 heavy (non-hydrogen) atoms. The number of thioether (sulfide) groups is 2. The van der Waals surface area contributed by atoms with Gasteiger partial charge in [0.1, 0.15) is 0 Å². The lowest BCUT2D eigenvalue weighted by Crippen LogP contribution is -1.93. The van der Waals surface area contributed by atoms with E-state index >= 15 is 0 Å². The van der Waals surface area contributed by atoms with Crippen molar-refractivity contribution in [2.75, 3.05) is 0 Å². The van der Waals surface area contributed by atoms with E-state index < -0.39 is 0 Å². The summed E-state index contributed by atoms with van der Waals surface area (Å²) in [5.41, 5.74) is 7.17. The van der Waals surface area contributed by atoms with Crippen molar-refractivity contribution in [3.05, 3.63) is 103 Å². The van der Waals surface area contributed by atoms with E-state index in [1.54, 1.807) is 26.2 Å². The van der Waals surface area contributed by atoms with Gasteiger partial charge in [-0.05, 0) is 82.9 Å². The molecule has 5 nitrogen and oxygen atoms in total. The predicted molar refractivity (Wildman–Crippen MR) is 155 cm³/mol. The fraction of sp³-hybridized carbons (Fsp3) is 0.0645. The number of aromatic nitrogens is 3. The summed E-state index contributed by atoms with van der Waals surface area (Å²) in [5.74, 6) is 0. The molecule has 3 heterocycles. The number of hydrogen-bond donors (Lipinski definition) is 0. The van der Waals surface area contributed by atoms with Crippen LogP contribution in [0.3, 0.4) is 0 Å². The molecule has 0 aliphatic heterocycles. The maximum Gasteiger partial charge on any atom is 0.190 e. The number of benzene rings is 2. The minimum atomic E-state index is 0.0663. The third-order valence-corrected chi connectivity index (χ3v) is 7.28. The lowest BCUT2D eigenvalue weighted by molar-refractivity contribution is -0.109. The van der Waals surface area contributed by atoms with Crippen LogP contribution in [0.1, 0.15) is 13.8 Å². The Morgan fingerprint density at radius 2 is 0.947 bits per heavy atom. The van der Waals surface area contributed by atoms with Gasteiger partial charge in [-0.1, -0.05) is 53.9 Å². The van der Waals surface area contributed by atoms with E-state index in [9.17, 15) is 9.59 Å². The summed E-state index contributed by atoms with van der Waals surface area (Å²) in [4.78, 5) is 38.6. The van der Waals surface area contributed by atoms with Crippen molar-refractivity contribution in [1.29, 1.82) is 0 Å². The van der Waals surface area contributed by atoms with Gasteiger partial charge in [0, 0.05) is 36.0 Å². The molecule has 0 fully saturated rings. The Hall–Kier alpha value is -4.07. The predicted octanol–water partition coefficient (Wildman–Crippen LogP) is 7.82. The second-order valence-electron chi connectivity index (χ2n) is 8.50. The van der Waals surface area contributed by atoms with Crippen LogP contribution in [0, 0.1) is 0 Å². The highest BCUT2D eigenvalue weighted by Gasteiger charge is 2.10. The Morgan fingerprint density at radius 1 is 0.526 bits per heavy atom. The van der Waals surface area contributed by atoms with E-state index in [-0.39, 0.29) is 10.2 Å². The van der Waals surface area contributed by atoms with Crippen molar-refractivity contribution < 1.29 is 9.59 Å². The summed E-state index contributed by atoms with van der Waals surface area (Å²) in [7, 11) is 0. The highest BCUT2D eigenvalue weighted by atomic mass is 32.2. The average molecular weight is 534 g/mol. The SMILES string of the molecule is CC(=O)Sc1ccc(-c2ccnc(-c3cccc(-c4cc(-c5ccc(SC(C)=O)cc5)ccn4)n3)c2)cc1. The van der Waals surface area contributed by atoms with Gasteiger partial charge in [0.15, 0.2) is 10.2 Å². The first-order valence-corrected chi connectivity index (χ1v) is 13.6. The van der Waals surface area contributed by atoms with Gasteiger partial charge in [0.2, 0.25) is 0 Å². The second kappa shape index (κ2) is 11.5. The van der Waals surface area contributed by atoms with Crippen molar-refractivity contribution >= 4 is 33.8 Å². The first-order chi connectivity index (χ1) is 18.4. The highest BCUT2D eigenvalue weighted by molar-refractivity contribution is 8.13. The molecular weight excluding hydrogens is 510 g/mol. The van der Waals surface area contributed by atoms with Gasteiger partial charge in [-0.3, -0.25) is 19.6 Å². The molecule has 0 bridgehead atoms. The lowest BCUT2D eigenvalue weighted by Gasteiger charge is -2.08. The van der Waals surface area contributed by atoms with E-state index in [1.165, 1.54) is 23.5 Å². The minimum absolute atomic E-state index is 0.0663. The van der Waals surface area contributed by atoms with Gasteiger partial charge in [-0.15, -0.1) is 0 Å². The average Bonchev–Trinajstić information content (AvgIpc) is 2.93. The fourth-order valence-electron chi connectivity index (χ4n) is 3.98. The molecule has 0 N–H and O–H groups in total. The fourth-order valence-corrected chi connectivity index (χ4v) is 5.19. The van der Waals surface area contributed by atoms with Crippen LogP contribution in [0.2, 0.25) is 0 Å². The van der Waals surface area contributed by atoms with E-state index in [2.05, 4.69) is 9.97 Å². The minimum Gasteiger partial charge on any atom is -0.287 e. The second-order valence-corrected chi connectivity index (χ2v) is 11.0. The molecule has 5 rings (SSSR count). The standard InChI is InChI=1S/C31H23N3O2S2/c1-20(35)37-26-10-6-22(7-11-26)24-14-16-32-30(18-24)28-4-3-5-29(34-28)31-19-25(15-17-33-31)23-8-12-27(13-9-23)38-21(2)36/h3-19H,1-2H3. The van der Waals surface area contributed by atoms with Crippen LogP contribution in [0.5, 0.6) is 0 Å². The Kier molecular flexibility index (Phi) is 7.77. The van der Waals surface area contributed by atoms with Gasteiger partial charge < -0.3 is 0 Å². The van der Waals surface area contributed by atoms with Crippen molar-refractivity contribution in [2.45, 2.75) is 23.6 Å². The maximum atomic E-state index is 11.4.